The highest BCUT2D eigenvalue weighted by Crippen LogP contribution is 2.45. The quantitative estimate of drug-likeness (QED) is 0.336. The Labute approximate surface area is 208 Å². The molecule has 0 amide bonds. The third-order valence-corrected chi connectivity index (χ3v) is 5.54. The second kappa shape index (κ2) is 10.9. The first kappa shape index (κ1) is 24.0. The number of carbonyl (C=O) groups excluding carboxylic acids is 1. The van der Waals surface area contributed by atoms with Crippen molar-refractivity contribution in [3.63, 3.8) is 0 Å². The first-order valence-corrected chi connectivity index (χ1v) is 11.4. The van der Waals surface area contributed by atoms with E-state index in [0.717, 1.165) is 12.0 Å². The third-order valence-electron chi connectivity index (χ3n) is 5.28. The van der Waals surface area contributed by atoms with E-state index >= 15 is 0 Å². The van der Waals surface area contributed by atoms with Gasteiger partial charge in [0.05, 0.1) is 12.5 Å². The molecule has 0 aromatic heterocycles. The van der Waals surface area contributed by atoms with E-state index in [-0.39, 0.29) is 23.8 Å². The van der Waals surface area contributed by atoms with Crippen molar-refractivity contribution in [1.82, 2.24) is 0 Å². The van der Waals surface area contributed by atoms with Crippen LogP contribution in [-0.2, 0) is 4.79 Å². The van der Waals surface area contributed by atoms with Gasteiger partial charge in [0, 0.05) is 22.2 Å². The summed E-state index contributed by atoms with van der Waals surface area (Å²) in [6, 6.07) is 21.3. The van der Waals surface area contributed by atoms with Crippen LogP contribution in [0.3, 0.4) is 0 Å². The number of allylic oxidation sites excluding steroid dienone is 1. The minimum Gasteiger partial charge on any atom is -0.493 e. The number of benzene rings is 3. The second-order valence-corrected chi connectivity index (χ2v) is 8.16. The van der Waals surface area contributed by atoms with Crippen LogP contribution in [0.25, 0.3) is 0 Å². The predicted molar refractivity (Wildman–Crippen MR) is 131 cm³/mol. The molecule has 3 aromatic rings. The number of ether oxygens (including phenoxy) is 4. The number of rotatable bonds is 8. The highest BCUT2D eigenvalue weighted by molar-refractivity contribution is 6.30. The molecule has 0 spiro atoms. The summed E-state index contributed by atoms with van der Waals surface area (Å²) in [5.41, 5.74) is 7.90. The van der Waals surface area contributed by atoms with Crippen molar-refractivity contribution in [2.45, 2.75) is 19.3 Å². The number of para-hydroxylation sites is 1. The fourth-order valence-corrected chi connectivity index (χ4v) is 3.84. The summed E-state index contributed by atoms with van der Waals surface area (Å²) in [6.45, 7) is 2.28. The van der Waals surface area contributed by atoms with Crippen LogP contribution in [0, 0.1) is 11.3 Å². The van der Waals surface area contributed by atoms with Gasteiger partial charge in [-0.2, -0.15) is 5.26 Å². The van der Waals surface area contributed by atoms with Crippen molar-refractivity contribution >= 4 is 17.6 Å². The summed E-state index contributed by atoms with van der Waals surface area (Å²) in [6.07, 6.45) is 0.845. The molecule has 1 unspecified atom stereocenters. The summed E-state index contributed by atoms with van der Waals surface area (Å²) in [5.74, 6) is 0.722. The Bertz CT molecular complexity index is 1300. The number of carbonyl (C=O) groups is 1. The number of halogens is 1. The fraction of sp³-hybridized carbons (Fsp3) is 0.185. The van der Waals surface area contributed by atoms with E-state index in [1.807, 2.05) is 31.2 Å². The van der Waals surface area contributed by atoms with E-state index in [2.05, 4.69) is 6.07 Å². The molecule has 0 fully saturated rings. The zero-order chi connectivity index (χ0) is 24.8. The van der Waals surface area contributed by atoms with Crippen LogP contribution in [0.2, 0.25) is 5.02 Å². The Hall–Kier alpha value is -4.15. The molecular weight excluding hydrogens is 468 g/mol. The lowest BCUT2D eigenvalue weighted by Gasteiger charge is -2.28. The zero-order valence-electron chi connectivity index (χ0n) is 19.0. The lowest BCUT2D eigenvalue weighted by atomic mass is 9.83. The predicted octanol–water partition coefficient (Wildman–Crippen LogP) is 5.33. The Morgan fingerprint density at radius 1 is 1.06 bits per heavy atom. The van der Waals surface area contributed by atoms with Crippen LogP contribution in [0.1, 0.15) is 30.4 Å². The Balaban J connectivity index is 1.57. The number of hydrogen-bond donors (Lipinski definition) is 1. The van der Waals surface area contributed by atoms with Crippen molar-refractivity contribution in [1.29, 1.82) is 5.26 Å². The van der Waals surface area contributed by atoms with Gasteiger partial charge in [0.25, 0.3) is 0 Å². The Kier molecular flexibility index (Phi) is 7.44. The molecular formula is C27H23ClN2O5. The molecule has 1 aliphatic rings. The Morgan fingerprint density at radius 3 is 2.54 bits per heavy atom. The van der Waals surface area contributed by atoms with Crippen LogP contribution >= 0.6 is 11.6 Å². The van der Waals surface area contributed by atoms with Crippen LogP contribution in [0.4, 0.5) is 0 Å². The minimum atomic E-state index is -0.591. The van der Waals surface area contributed by atoms with Crippen molar-refractivity contribution in [2.75, 3.05) is 13.2 Å². The van der Waals surface area contributed by atoms with Crippen molar-refractivity contribution in [3.05, 3.63) is 94.3 Å². The molecule has 0 aliphatic carbocycles. The molecule has 7 nitrogen and oxygen atoms in total. The van der Waals surface area contributed by atoms with Crippen molar-refractivity contribution in [2.24, 2.45) is 5.73 Å². The summed E-state index contributed by atoms with van der Waals surface area (Å²) in [5, 5.41) is 10.4. The van der Waals surface area contributed by atoms with Gasteiger partial charge < -0.3 is 24.7 Å². The first-order valence-electron chi connectivity index (χ1n) is 11.0. The average Bonchev–Trinajstić information content (AvgIpc) is 2.86. The zero-order valence-corrected chi connectivity index (χ0v) is 19.7. The summed E-state index contributed by atoms with van der Waals surface area (Å²) < 4.78 is 22.5. The number of fused-ring (bicyclic) bond motifs is 1. The van der Waals surface area contributed by atoms with Crippen LogP contribution in [0.15, 0.2) is 78.2 Å². The number of nitrogens with zero attached hydrogens (tertiary/aromatic N) is 1. The van der Waals surface area contributed by atoms with Crippen LogP contribution in [0.5, 0.6) is 23.0 Å². The number of nitrogens with two attached hydrogens (primary N) is 1. The number of hydrogen-bond acceptors (Lipinski definition) is 7. The van der Waals surface area contributed by atoms with Gasteiger partial charge >= 0.3 is 5.97 Å². The van der Waals surface area contributed by atoms with Gasteiger partial charge in [0.1, 0.15) is 34.6 Å². The maximum Gasteiger partial charge on any atom is 0.349 e. The molecule has 178 valence electrons. The van der Waals surface area contributed by atoms with Gasteiger partial charge in [0.2, 0.25) is 5.88 Å². The van der Waals surface area contributed by atoms with Crippen LogP contribution in [-0.4, -0.2) is 19.2 Å². The van der Waals surface area contributed by atoms with E-state index in [4.69, 9.17) is 36.3 Å². The lowest BCUT2D eigenvalue weighted by Crippen LogP contribution is -2.22. The first-order chi connectivity index (χ1) is 17.0. The SMILES string of the molecule is CCCOc1ccccc1C1C(C#N)=C(N)Oc2cc(OC(=O)COc3ccc(Cl)cc3)ccc21. The molecule has 1 atom stereocenters. The molecule has 35 heavy (non-hydrogen) atoms. The number of nitriles is 1. The van der Waals surface area contributed by atoms with Gasteiger partial charge in [-0.15, -0.1) is 0 Å². The molecule has 0 radical (unpaired) electrons. The maximum atomic E-state index is 12.3. The minimum absolute atomic E-state index is 0.00940. The molecule has 0 saturated carbocycles. The van der Waals surface area contributed by atoms with E-state index in [9.17, 15) is 10.1 Å². The molecule has 1 heterocycles. The summed E-state index contributed by atoms with van der Waals surface area (Å²) in [4.78, 5) is 12.3. The maximum absolute atomic E-state index is 12.3. The van der Waals surface area contributed by atoms with Gasteiger partial charge in [-0.3, -0.25) is 0 Å². The van der Waals surface area contributed by atoms with Crippen molar-refractivity contribution in [3.8, 4) is 29.1 Å². The van der Waals surface area contributed by atoms with Gasteiger partial charge in [-0.1, -0.05) is 42.8 Å². The third kappa shape index (κ3) is 5.51. The summed E-state index contributed by atoms with van der Waals surface area (Å²) >= 11 is 5.85. The van der Waals surface area contributed by atoms with E-state index < -0.39 is 11.9 Å². The molecule has 0 bridgehead atoms. The topological polar surface area (TPSA) is 104 Å². The standard InChI is InChI=1S/C27H23ClN2O5/c1-2-13-32-23-6-4-3-5-20(23)26-21-12-11-19(14-24(21)35-27(30)22(26)15-29)34-25(31)16-33-18-9-7-17(28)8-10-18/h3-12,14,26H,2,13,16,30H2,1H3. The van der Waals surface area contributed by atoms with E-state index in [1.54, 1.807) is 42.5 Å². The fourth-order valence-electron chi connectivity index (χ4n) is 3.72. The number of esters is 1. The molecule has 0 saturated heterocycles. The van der Waals surface area contributed by atoms with Gasteiger partial charge in [-0.25, -0.2) is 4.79 Å². The molecule has 2 N–H and O–H groups in total. The largest absolute Gasteiger partial charge is 0.493 e. The lowest BCUT2D eigenvalue weighted by molar-refractivity contribution is -0.136. The highest BCUT2D eigenvalue weighted by atomic mass is 35.5. The monoisotopic (exact) mass is 490 g/mol. The average molecular weight is 491 g/mol. The highest BCUT2D eigenvalue weighted by Gasteiger charge is 2.33. The van der Waals surface area contributed by atoms with Crippen molar-refractivity contribution < 1.29 is 23.7 Å². The molecule has 1 aliphatic heterocycles. The van der Waals surface area contributed by atoms with E-state index in [0.29, 0.717) is 34.4 Å². The van der Waals surface area contributed by atoms with Gasteiger partial charge in [0.15, 0.2) is 6.61 Å². The van der Waals surface area contributed by atoms with Crippen LogP contribution < -0.4 is 24.7 Å². The van der Waals surface area contributed by atoms with Gasteiger partial charge in [-0.05, 0) is 42.8 Å². The molecule has 8 heteroatoms. The smallest absolute Gasteiger partial charge is 0.349 e. The second-order valence-electron chi connectivity index (χ2n) is 7.73. The Morgan fingerprint density at radius 2 is 1.80 bits per heavy atom. The molecule has 3 aromatic carbocycles. The molecule has 4 rings (SSSR count). The normalized spacial score (nSPS) is 14.4. The summed E-state index contributed by atoms with van der Waals surface area (Å²) in [7, 11) is 0. The van der Waals surface area contributed by atoms with E-state index in [1.165, 1.54) is 0 Å².